The summed E-state index contributed by atoms with van der Waals surface area (Å²) in [6.07, 6.45) is 8.40. The Morgan fingerprint density at radius 1 is 1.21 bits per heavy atom. The van der Waals surface area contributed by atoms with Crippen LogP contribution >= 0.6 is 11.3 Å². The summed E-state index contributed by atoms with van der Waals surface area (Å²) >= 11 is 1.68. The van der Waals surface area contributed by atoms with Gasteiger partial charge in [0, 0.05) is 24.7 Å². The third kappa shape index (κ3) is 2.05. The van der Waals surface area contributed by atoms with Crippen molar-refractivity contribution in [2.75, 3.05) is 18.0 Å². The summed E-state index contributed by atoms with van der Waals surface area (Å²) < 4.78 is 0. The highest BCUT2D eigenvalue weighted by Crippen LogP contribution is 2.45. The van der Waals surface area contributed by atoms with Crippen molar-refractivity contribution in [3.63, 3.8) is 0 Å². The van der Waals surface area contributed by atoms with Gasteiger partial charge in [0.1, 0.15) is 22.8 Å². The highest BCUT2D eigenvalue weighted by Gasteiger charge is 2.44. The maximum absolute atomic E-state index is 4.84. The average molecular weight is 337 g/mol. The molecule has 1 aliphatic heterocycles. The van der Waals surface area contributed by atoms with Gasteiger partial charge in [-0.05, 0) is 49.6 Å². The molecule has 2 aliphatic rings. The summed E-state index contributed by atoms with van der Waals surface area (Å²) in [5.41, 5.74) is 2.79. The van der Waals surface area contributed by atoms with Crippen LogP contribution in [0.1, 0.15) is 36.3 Å². The Hall–Kier alpha value is -2.08. The Morgan fingerprint density at radius 3 is 3.12 bits per heavy atom. The number of hydrogen-bond acceptors (Lipinski definition) is 6. The molecular formula is C18H19N5S. The molecule has 122 valence electrons. The van der Waals surface area contributed by atoms with Gasteiger partial charge in [-0.15, -0.1) is 11.3 Å². The predicted molar refractivity (Wildman–Crippen MR) is 95.6 cm³/mol. The van der Waals surface area contributed by atoms with Crippen LogP contribution in [0.4, 0.5) is 5.82 Å². The largest absolute Gasteiger partial charge is 0.355 e. The molecule has 3 aromatic rings. The number of rotatable bonds is 1. The fraction of sp³-hybridized carbons (Fsp3) is 0.444. The molecule has 0 amide bonds. The van der Waals surface area contributed by atoms with Gasteiger partial charge in [0.05, 0.1) is 11.1 Å². The maximum Gasteiger partial charge on any atom is 0.140 e. The van der Waals surface area contributed by atoms with Gasteiger partial charge in [-0.1, -0.05) is 0 Å². The fourth-order valence-electron chi connectivity index (χ4n) is 4.37. The molecule has 0 N–H and O–H groups in total. The van der Waals surface area contributed by atoms with E-state index in [0.29, 0.717) is 0 Å². The van der Waals surface area contributed by atoms with Gasteiger partial charge in [0.25, 0.3) is 0 Å². The van der Waals surface area contributed by atoms with Crippen LogP contribution in [0.15, 0.2) is 24.0 Å². The second-order valence-electron chi connectivity index (χ2n) is 6.93. The van der Waals surface area contributed by atoms with E-state index in [9.17, 15) is 0 Å². The van der Waals surface area contributed by atoms with Crippen molar-refractivity contribution in [1.82, 2.24) is 19.9 Å². The number of piperidine rings is 1. The van der Waals surface area contributed by atoms with Crippen LogP contribution in [-0.2, 0) is 11.8 Å². The van der Waals surface area contributed by atoms with Gasteiger partial charge < -0.3 is 4.90 Å². The number of hydrogen-bond donors (Lipinski definition) is 0. The minimum absolute atomic E-state index is 0.161. The Bertz CT molecular complexity index is 917. The van der Waals surface area contributed by atoms with Crippen LogP contribution in [0.5, 0.6) is 0 Å². The lowest BCUT2D eigenvalue weighted by Gasteiger charge is -2.41. The summed E-state index contributed by atoms with van der Waals surface area (Å²) in [5, 5.41) is 3.28. The molecule has 0 radical (unpaired) electrons. The standard InChI is InChI=1S/C18H19N5S/c1-12-19-9-13-3-6-18(15(13)22-12)5-2-7-23(10-18)16-14-4-8-24-17(14)21-11-20-16/h4,8-9,11H,2-3,5-7,10H2,1H3. The fourth-order valence-corrected chi connectivity index (χ4v) is 5.10. The smallest absolute Gasteiger partial charge is 0.140 e. The van der Waals surface area contributed by atoms with E-state index in [0.717, 1.165) is 36.0 Å². The monoisotopic (exact) mass is 337 g/mol. The van der Waals surface area contributed by atoms with Crippen molar-refractivity contribution in [2.24, 2.45) is 0 Å². The second-order valence-corrected chi connectivity index (χ2v) is 7.83. The van der Waals surface area contributed by atoms with E-state index in [1.165, 1.54) is 35.9 Å². The average Bonchev–Trinajstić information content (AvgIpc) is 3.21. The van der Waals surface area contributed by atoms with Crippen molar-refractivity contribution in [3.05, 3.63) is 41.1 Å². The second kappa shape index (κ2) is 5.21. The molecule has 0 bridgehead atoms. The number of nitrogens with zero attached hydrogens (tertiary/aromatic N) is 5. The Kier molecular flexibility index (Phi) is 3.10. The van der Waals surface area contributed by atoms with Gasteiger partial charge in [0.15, 0.2) is 0 Å². The zero-order chi connectivity index (χ0) is 16.1. The molecule has 1 unspecified atom stereocenters. The summed E-state index contributed by atoms with van der Waals surface area (Å²) in [6, 6.07) is 2.14. The first kappa shape index (κ1) is 14.3. The quantitative estimate of drug-likeness (QED) is 0.682. The zero-order valence-corrected chi connectivity index (χ0v) is 14.5. The zero-order valence-electron chi connectivity index (χ0n) is 13.7. The van der Waals surface area contributed by atoms with Crippen molar-refractivity contribution < 1.29 is 0 Å². The molecule has 0 aromatic carbocycles. The van der Waals surface area contributed by atoms with E-state index in [2.05, 4.69) is 31.3 Å². The SMILES string of the molecule is Cc1ncc2c(n1)C1(CCCN(c3ncnc4sccc34)C1)CC2. The van der Waals surface area contributed by atoms with Gasteiger partial charge in [-0.2, -0.15) is 0 Å². The first-order chi connectivity index (χ1) is 11.8. The Morgan fingerprint density at radius 2 is 2.17 bits per heavy atom. The van der Waals surface area contributed by atoms with E-state index < -0.39 is 0 Å². The van der Waals surface area contributed by atoms with E-state index in [1.807, 2.05) is 13.1 Å². The molecule has 1 saturated heterocycles. The minimum atomic E-state index is 0.161. The molecule has 6 heteroatoms. The number of fused-ring (bicyclic) bond motifs is 3. The van der Waals surface area contributed by atoms with E-state index >= 15 is 0 Å². The lowest BCUT2D eigenvalue weighted by Crippen LogP contribution is -2.46. The lowest BCUT2D eigenvalue weighted by molar-refractivity contribution is 0.333. The lowest BCUT2D eigenvalue weighted by atomic mass is 9.77. The Balaban J connectivity index is 1.56. The molecule has 1 spiro atoms. The summed E-state index contributed by atoms with van der Waals surface area (Å²) in [7, 11) is 0. The number of thiophene rings is 1. The van der Waals surface area contributed by atoms with E-state index in [-0.39, 0.29) is 5.41 Å². The molecule has 0 saturated carbocycles. The van der Waals surface area contributed by atoms with Crippen molar-refractivity contribution in [1.29, 1.82) is 0 Å². The van der Waals surface area contributed by atoms with Crippen LogP contribution in [-0.4, -0.2) is 33.0 Å². The molecule has 1 aliphatic carbocycles. The molecule has 1 atom stereocenters. The number of aryl methyl sites for hydroxylation is 2. The van der Waals surface area contributed by atoms with Crippen molar-refractivity contribution in [3.8, 4) is 0 Å². The van der Waals surface area contributed by atoms with Crippen molar-refractivity contribution >= 4 is 27.4 Å². The summed E-state index contributed by atoms with van der Waals surface area (Å²) in [4.78, 5) is 21.8. The van der Waals surface area contributed by atoms with Crippen LogP contribution in [0, 0.1) is 6.92 Å². The molecule has 5 nitrogen and oxygen atoms in total. The van der Waals surface area contributed by atoms with Crippen LogP contribution < -0.4 is 4.90 Å². The third-order valence-corrected chi connectivity index (χ3v) is 6.30. The van der Waals surface area contributed by atoms with E-state index in [4.69, 9.17) is 4.98 Å². The van der Waals surface area contributed by atoms with Gasteiger partial charge in [-0.3, -0.25) is 0 Å². The third-order valence-electron chi connectivity index (χ3n) is 5.48. The topological polar surface area (TPSA) is 54.8 Å². The molecule has 1 fully saturated rings. The minimum Gasteiger partial charge on any atom is -0.355 e. The number of anilines is 1. The van der Waals surface area contributed by atoms with Gasteiger partial charge >= 0.3 is 0 Å². The normalized spacial score (nSPS) is 23.1. The summed E-state index contributed by atoms with van der Waals surface area (Å²) in [5.74, 6) is 1.97. The van der Waals surface area contributed by atoms with Crippen LogP contribution in [0.25, 0.3) is 10.2 Å². The first-order valence-electron chi connectivity index (χ1n) is 8.51. The Labute approximate surface area is 144 Å². The van der Waals surface area contributed by atoms with E-state index in [1.54, 1.807) is 17.7 Å². The van der Waals surface area contributed by atoms with Gasteiger partial charge in [-0.25, -0.2) is 19.9 Å². The van der Waals surface area contributed by atoms with Gasteiger partial charge in [0.2, 0.25) is 0 Å². The molecule has 4 heterocycles. The van der Waals surface area contributed by atoms with Crippen LogP contribution in [0.3, 0.4) is 0 Å². The molecule has 3 aromatic heterocycles. The number of aromatic nitrogens is 4. The summed E-state index contributed by atoms with van der Waals surface area (Å²) in [6.45, 7) is 4.05. The highest BCUT2D eigenvalue weighted by atomic mass is 32.1. The molecule has 5 rings (SSSR count). The first-order valence-corrected chi connectivity index (χ1v) is 9.39. The highest BCUT2D eigenvalue weighted by molar-refractivity contribution is 7.16. The predicted octanol–water partition coefficient (Wildman–Crippen LogP) is 3.27. The maximum atomic E-state index is 4.84. The molecular weight excluding hydrogens is 318 g/mol. The molecule has 24 heavy (non-hydrogen) atoms. The van der Waals surface area contributed by atoms with Crippen LogP contribution in [0.2, 0.25) is 0 Å². The van der Waals surface area contributed by atoms with Crippen molar-refractivity contribution in [2.45, 2.75) is 38.0 Å².